The highest BCUT2D eigenvalue weighted by molar-refractivity contribution is 6.22. The second-order valence-electron chi connectivity index (χ2n) is 5.74. The van der Waals surface area contributed by atoms with E-state index in [2.05, 4.69) is 20.5 Å². The molecule has 1 aliphatic rings. The molecule has 7 heteroatoms. The number of fused-ring (bicyclic) bond motifs is 3. The minimum atomic E-state index is -0.598. The van der Waals surface area contributed by atoms with Crippen LogP contribution in [0.2, 0.25) is 0 Å². The number of primary amides is 1. The standard InChI is InChI=1S/C18H14FN5O/c1-9-7-21-15-11(16(23-9)10-4-2-3-5-14(10)19)6-12(18(20)25)17-13(15)8-22-24-17/h2-8,21H,1H3,(H2,20,25)(H,22,24). The van der Waals surface area contributed by atoms with Crippen molar-refractivity contribution >= 4 is 28.2 Å². The van der Waals surface area contributed by atoms with Crippen LogP contribution in [0.3, 0.4) is 0 Å². The van der Waals surface area contributed by atoms with Gasteiger partial charge in [-0.15, -0.1) is 0 Å². The zero-order chi connectivity index (χ0) is 17.6. The van der Waals surface area contributed by atoms with Crippen LogP contribution in [0.5, 0.6) is 0 Å². The van der Waals surface area contributed by atoms with Crippen molar-refractivity contribution in [2.24, 2.45) is 10.7 Å². The topological polar surface area (TPSA) is 96.2 Å². The van der Waals surface area contributed by atoms with Gasteiger partial charge in [0.15, 0.2) is 0 Å². The number of halogens is 1. The second kappa shape index (κ2) is 5.55. The first-order valence-electron chi connectivity index (χ1n) is 7.63. The lowest BCUT2D eigenvalue weighted by atomic mass is 9.95. The number of hydrogen-bond donors (Lipinski definition) is 3. The summed E-state index contributed by atoms with van der Waals surface area (Å²) in [6, 6.07) is 8.00. The second-order valence-corrected chi connectivity index (χ2v) is 5.74. The predicted molar refractivity (Wildman–Crippen MR) is 94.0 cm³/mol. The molecular formula is C18H14FN5O. The van der Waals surface area contributed by atoms with E-state index in [1.54, 1.807) is 43.6 Å². The van der Waals surface area contributed by atoms with E-state index >= 15 is 0 Å². The number of aromatic amines is 1. The van der Waals surface area contributed by atoms with Gasteiger partial charge in [-0.2, -0.15) is 5.10 Å². The largest absolute Gasteiger partial charge is 0.366 e. The highest BCUT2D eigenvalue weighted by Gasteiger charge is 2.23. The summed E-state index contributed by atoms with van der Waals surface area (Å²) < 4.78 is 14.4. The van der Waals surface area contributed by atoms with Crippen LogP contribution in [0.1, 0.15) is 28.4 Å². The van der Waals surface area contributed by atoms with Crippen molar-refractivity contribution in [2.75, 3.05) is 5.32 Å². The van der Waals surface area contributed by atoms with Crippen LogP contribution < -0.4 is 11.1 Å². The molecule has 0 bridgehead atoms. The number of nitrogens with two attached hydrogens (primary N) is 1. The van der Waals surface area contributed by atoms with Gasteiger partial charge in [0.2, 0.25) is 0 Å². The number of nitrogens with zero attached hydrogens (tertiary/aromatic N) is 2. The molecule has 25 heavy (non-hydrogen) atoms. The van der Waals surface area contributed by atoms with Crippen LogP contribution in [0, 0.1) is 5.82 Å². The van der Waals surface area contributed by atoms with Gasteiger partial charge >= 0.3 is 0 Å². The van der Waals surface area contributed by atoms with Crippen LogP contribution in [0.4, 0.5) is 10.1 Å². The number of amides is 1. The van der Waals surface area contributed by atoms with Gasteiger partial charge in [-0.25, -0.2) is 4.39 Å². The Morgan fingerprint density at radius 2 is 2.04 bits per heavy atom. The number of aromatic nitrogens is 2. The van der Waals surface area contributed by atoms with Gasteiger partial charge in [0, 0.05) is 22.7 Å². The SMILES string of the molecule is CC1=CNc2c(cc(C(N)=O)c3[nH]ncc23)C(c2ccccc2F)=N1. The van der Waals surface area contributed by atoms with Gasteiger partial charge in [-0.1, -0.05) is 12.1 Å². The number of allylic oxidation sites excluding steroid dienone is 1. The van der Waals surface area contributed by atoms with Crippen molar-refractivity contribution in [1.82, 2.24) is 10.2 Å². The first-order valence-corrected chi connectivity index (χ1v) is 7.63. The van der Waals surface area contributed by atoms with E-state index in [1.165, 1.54) is 6.07 Å². The molecule has 1 amide bonds. The summed E-state index contributed by atoms with van der Waals surface area (Å²) in [5.74, 6) is -0.992. The van der Waals surface area contributed by atoms with Crippen molar-refractivity contribution in [3.63, 3.8) is 0 Å². The van der Waals surface area contributed by atoms with Gasteiger partial charge in [-0.05, 0) is 25.1 Å². The van der Waals surface area contributed by atoms with Crippen LogP contribution in [0.15, 0.2) is 53.4 Å². The summed E-state index contributed by atoms with van der Waals surface area (Å²) in [6.45, 7) is 1.81. The molecule has 0 unspecified atom stereocenters. The van der Waals surface area contributed by atoms with E-state index in [0.717, 1.165) is 0 Å². The van der Waals surface area contributed by atoms with E-state index in [1.807, 2.05) is 0 Å². The van der Waals surface area contributed by atoms with Crippen molar-refractivity contribution < 1.29 is 9.18 Å². The van der Waals surface area contributed by atoms with Crippen LogP contribution in [0.25, 0.3) is 10.9 Å². The first kappa shape index (κ1) is 15.1. The number of carbonyl (C=O) groups is 1. The molecule has 124 valence electrons. The lowest BCUT2D eigenvalue weighted by molar-refractivity contribution is 0.100. The molecule has 4 N–H and O–H groups in total. The Morgan fingerprint density at radius 1 is 1.24 bits per heavy atom. The Balaban J connectivity index is 2.09. The van der Waals surface area contributed by atoms with Gasteiger partial charge in [0.25, 0.3) is 5.91 Å². The van der Waals surface area contributed by atoms with Gasteiger partial charge in [0.1, 0.15) is 5.82 Å². The maximum Gasteiger partial charge on any atom is 0.250 e. The average Bonchev–Trinajstić information content (AvgIpc) is 3.01. The number of benzene rings is 2. The third kappa shape index (κ3) is 2.37. The summed E-state index contributed by atoms with van der Waals surface area (Å²) in [6.07, 6.45) is 3.32. The Labute approximate surface area is 142 Å². The fraction of sp³-hybridized carbons (Fsp3) is 0.0556. The summed E-state index contributed by atoms with van der Waals surface area (Å²) >= 11 is 0. The molecular weight excluding hydrogens is 321 g/mol. The molecule has 1 aromatic heterocycles. The summed E-state index contributed by atoms with van der Waals surface area (Å²) in [5, 5.41) is 10.7. The third-order valence-electron chi connectivity index (χ3n) is 4.10. The zero-order valence-corrected chi connectivity index (χ0v) is 13.3. The van der Waals surface area contributed by atoms with Crippen LogP contribution >= 0.6 is 0 Å². The van der Waals surface area contributed by atoms with Crippen molar-refractivity contribution in [2.45, 2.75) is 6.92 Å². The fourth-order valence-corrected chi connectivity index (χ4v) is 2.96. The minimum Gasteiger partial charge on any atom is -0.366 e. The molecule has 0 saturated heterocycles. The van der Waals surface area contributed by atoms with Crippen molar-refractivity contribution in [1.29, 1.82) is 0 Å². The summed E-state index contributed by atoms with van der Waals surface area (Å²) in [5.41, 5.74) is 9.04. The molecule has 0 radical (unpaired) electrons. The highest BCUT2D eigenvalue weighted by Crippen LogP contribution is 2.33. The summed E-state index contributed by atoms with van der Waals surface area (Å²) in [4.78, 5) is 16.4. The van der Waals surface area contributed by atoms with Gasteiger partial charge in [-0.3, -0.25) is 14.9 Å². The van der Waals surface area contributed by atoms with E-state index in [-0.39, 0.29) is 5.56 Å². The third-order valence-corrected chi connectivity index (χ3v) is 4.10. The fourth-order valence-electron chi connectivity index (χ4n) is 2.96. The molecule has 6 nitrogen and oxygen atoms in total. The molecule has 0 spiro atoms. The normalized spacial score (nSPS) is 13.5. The number of H-pyrrole nitrogens is 1. The average molecular weight is 335 g/mol. The quantitative estimate of drug-likeness (QED) is 0.672. The Bertz CT molecular complexity index is 1080. The van der Waals surface area contributed by atoms with E-state index < -0.39 is 11.7 Å². The van der Waals surface area contributed by atoms with Crippen LogP contribution in [-0.4, -0.2) is 21.8 Å². The van der Waals surface area contributed by atoms with E-state index in [9.17, 15) is 9.18 Å². The zero-order valence-electron chi connectivity index (χ0n) is 13.3. The number of rotatable bonds is 2. The predicted octanol–water partition coefficient (Wildman–Crippen LogP) is 2.93. The van der Waals surface area contributed by atoms with E-state index in [0.29, 0.717) is 39.1 Å². The molecule has 1 aliphatic heterocycles. The Morgan fingerprint density at radius 3 is 2.80 bits per heavy atom. The number of nitrogens with one attached hydrogen (secondary N) is 2. The highest BCUT2D eigenvalue weighted by atomic mass is 19.1. The number of aliphatic imine (C=N–C) groups is 1. The lowest BCUT2D eigenvalue weighted by Crippen LogP contribution is -2.15. The first-order chi connectivity index (χ1) is 12.1. The Kier molecular flexibility index (Phi) is 3.35. The lowest BCUT2D eigenvalue weighted by Gasteiger charge is -2.14. The maximum absolute atomic E-state index is 14.4. The Hall–Kier alpha value is -3.48. The molecule has 4 rings (SSSR count). The molecule has 0 atom stereocenters. The van der Waals surface area contributed by atoms with Crippen LogP contribution in [-0.2, 0) is 0 Å². The van der Waals surface area contributed by atoms with E-state index in [4.69, 9.17) is 5.73 Å². The molecule has 0 saturated carbocycles. The van der Waals surface area contributed by atoms with Gasteiger partial charge < -0.3 is 11.1 Å². The molecule has 2 heterocycles. The molecule has 0 aliphatic carbocycles. The molecule has 0 fully saturated rings. The monoisotopic (exact) mass is 335 g/mol. The van der Waals surface area contributed by atoms with Crippen molar-refractivity contribution in [3.8, 4) is 0 Å². The van der Waals surface area contributed by atoms with Crippen molar-refractivity contribution in [3.05, 3.63) is 70.9 Å². The smallest absolute Gasteiger partial charge is 0.250 e. The maximum atomic E-state index is 14.4. The molecule has 3 aromatic rings. The summed E-state index contributed by atoms with van der Waals surface area (Å²) in [7, 11) is 0. The minimum absolute atomic E-state index is 0.275. The van der Waals surface area contributed by atoms with Gasteiger partial charge in [0.05, 0.1) is 34.4 Å². The molecule has 2 aromatic carbocycles. The number of carbonyl (C=O) groups excluding carboxylic acids is 1. The number of anilines is 1. The number of hydrogen-bond acceptors (Lipinski definition) is 4.